The number of hydrogen-bond acceptors (Lipinski definition) is 4. The maximum atomic E-state index is 12.3. The summed E-state index contributed by atoms with van der Waals surface area (Å²) in [5.74, 6) is -0.248. The molecule has 0 saturated carbocycles. The van der Waals surface area contributed by atoms with E-state index in [-0.39, 0.29) is 11.7 Å². The number of nitrogens with zero attached hydrogens (tertiary/aromatic N) is 1. The van der Waals surface area contributed by atoms with Crippen LogP contribution in [-0.4, -0.2) is 23.0 Å². The van der Waals surface area contributed by atoms with Crippen LogP contribution in [-0.2, 0) is 0 Å². The third kappa shape index (κ3) is 3.41. The summed E-state index contributed by atoms with van der Waals surface area (Å²) in [7, 11) is 0. The van der Waals surface area contributed by atoms with Crippen molar-refractivity contribution in [1.82, 2.24) is 5.32 Å². The lowest BCUT2D eigenvalue weighted by Gasteiger charge is -2.23. The number of carbonyl (C=O) groups excluding carboxylic acids is 1. The zero-order valence-corrected chi connectivity index (χ0v) is 13.7. The Morgan fingerprint density at radius 1 is 1.25 bits per heavy atom. The van der Waals surface area contributed by atoms with Gasteiger partial charge in [0.15, 0.2) is 5.84 Å². The Kier molecular flexibility index (Phi) is 4.53. The maximum absolute atomic E-state index is 12.3. The van der Waals surface area contributed by atoms with E-state index in [1.54, 1.807) is 24.3 Å². The van der Waals surface area contributed by atoms with Crippen LogP contribution in [0.2, 0.25) is 5.02 Å². The molecule has 0 aromatic heterocycles. The molecule has 1 heterocycles. The Balaban J connectivity index is 1.75. The molecule has 1 aliphatic rings. The molecule has 1 amide bonds. The number of halogens is 1. The molecule has 2 aromatic rings. The summed E-state index contributed by atoms with van der Waals surface area (Å²) in [6.07, 6.45) is 3.77. The third-order valence-corrected chi connectivity index (χ3v) is 3.99. The van der Waals surface area contributed by atoms with Crippen molar-refractivity contribution >= 4 is 35.1 Å². The van der Waals surface area contributed by atoms with Crippen molar-refractivity contribution in [3.05, 3.63) is 70.3 Å². The number of benzene rings is 2. The van der Waals surface area contributed by atoms with Gasteiger partial charge in [0, 0.05) is 16.3 Å². The molecule has 6 heteroatoms. The molecule has 3 N–H and O–H groups in total. The van der Waals surface area contributed by atoms with Gasteiger partial charge in [0.05, 0.1) is 0 Å². The fourth-order valence-electron chi connectivity index (χ4n) is 2.48. The fourth-order valence-corrected chi connectivity index (χ4v) is 2.61. The second kappa shape index (κ2) is 6.76. The molecule has 1 unspecified atom stereocenters. The molecule has 0 fully saturated rings. The van der Waals surface area contributed by atoms with Crippen LogP contribution in [0.3, 0.4) is 0 Å². The fraction of sp³-hybridized carbons (Fsp3) is 0.111. The first-order valence-electron chi connectivity index (χ1n) is 7.41. The zero-order chi connectivity index (χ0) is 17.1. The van der Waals surface area contributed by atoms with Gasteiger partial charge in [-0.15, -0.1) is 0 Å². The minimum Gasteiger partial charge on any atom is -0.409 e. The van der Waals surface area contributed by atoms with Gasteiger partial charge in [0.1, 0.15) is 6.04 Å². The topological polar surface area (TPSA) is 73.7 Å². The summed E-state index contributed by atoms with van der Waals surface area (Å²) in [5.41, 5.74) is 3.55. The SMILES string of the molecule is Cc1ccc2c(c1)C=CC(C(=NO)NC(=O)c1ccc(Cl)cc1)N2. The van der Waals surface area contributed by atoms with Crippen LogP contribution >= 0.6 is 11.6 Å². The van der Waals surface area contributed by atoms with Gasteiger partial charge in [0.25, 0.3) is 5.91 Å². The van der Waals surface area contributed by atoms with Gasteiger partial charge in [-0.05, 0) is 48.9 Å². The molecular formula is C18H16ClN3O2. The van der Waals surface area contributed by atoms with Crippen LogP contribution in [0.25, 0.3) is 6.08 Å². The molecule has 24 heavy (non-hydrogen) atoms. The number of rotatable bonds is 2. The standard InChI is InChI=1S/C18H16ClN3O2/c1-11-2-8-15-13(10-11)5-9-16(20-15)17(22-24)21-18(23)12-3-6-14(19)7-4-12/h2-10,16,20,24H,1H3,(H,21,22,23). The van der Waals surface area contributed by atoms with Gasteiger partial charge in [0.2, 0.25) is 0 Å². The molecule has 1 atom stereocenters. The molecule has 0 spiro atoms. The smallest absolute Gasteiger partial charge is 0.256 e. The van der Waals surface area contributed by atoms with E-state index in [2.05, 4.69) is 21.9 Å². The summed E-state index contributed by atoms with van der Waals surface area (Å²) in [6.45, 7) is 2.02. The summed E-state index contributed by atoms with van der Waals surface area (Å²) in [6, 6.07) is 12.0. The van der Waals surface area contributed by atoms with Gasteiger partial charge in [-0.1, -0.05) is 40.5 Å². The molecule has 122 valence electrons. The number of anilines is 1. The summed E-state index contributed by atoms with van der Waals surface area (Å²) >= 11 is 5.82. The van der Waals surface area contributed by atoms with E-state index in [1.165, 1.54) is 0 Å². The van der Waals surface area contributed by atoms with Crippen molar-refractivity contribution in [2.45, 2.75) is 13.0 Å². The van der Waals surface area contributed by atoms with Gasteiger partial charge < -0.3 is 15.8 Å². The zero-order valence-electron chi connectivity index (χ0n) is 13.0. The third-order valence-electron chi connectivity index (χ3n) is 3.74. The van der Waals surface area contributed by atoms with Gasteiger partial charge in [-0.3, -0.25) is 4.79 Å². The largest absolute Gasteiger partial charge is 0.409 e. The monoisotopic (exact) mass is 341 g/mol. The number of nitrogens with one attached hydrogen (secondary N) is 2. The molecule has 0 aliphatic carbocycles. The van der Waals surface area contributed by atoms with Crippen molar-refractivity contribution < 1.29 is 10.0 Å². The molecule has 0 saturated heterocycles. The number of carbonyl (C=O) groups is 1. The summed E-state index contributed by atoms with van der Waals surface area (Å²) in [5, 5.41) is 18.9. The molecular weight excluding hydrogens is 326 g/mol. The number of hydrogen-bond donors (Lipinski definition) is 3. The maximum Gasteiger partial charge on any atom is 0.256 e. The highest BCUT2D eigenvalue weighted by atomic mass is 35.5. The predicted molar refractivity (Wildman–Crippen MR) is 95.8 cm³/mol. The number of amidine groups is 1. The first-order chi connectivity index (χ1) is 11.6. The predicted octanol–water partition coefficient (Wildman–Crippen LogP) is 3.67. The van der Waals surface area contributed by atoms with E-state index < -0.39 is 6.04 Å². The lowest BCUT2D eigenvalue weighted by Crippen LogP contribution is -2.42. The average molecular weight is 342 g/mol. The van der Waals surface area contributed by atoms with Gasteiger partial charge >= 0.3 is 0 Å². The van der Waals surface area contributed by atoms with E-state index in [0.29, 0.717) is 10.6 Å². The Labute approximate surface area is 144 Å². The molecule has 2 aromatic carbocycles. The van der Waals surface area contributed by atoms with E-state index >= 15 is 0 Å². The van der Waals surface area contributed by atoms with E-state index in [4.69, 9.17) is 11.6 Å². The lowest BCUT2D eigenvalue weighted by molar-refractivity contribution is 0.0974. The molecule has 1 aliphatic heterocycles. The van der Waals surface area contributed by atoms with E-state index in [9.17, 15) is 10.0 Å². The average Bonchev–Trinajstić information content (AvgIpc) is 2.59. The van der Waals surface area contributed by atoms with Crippen LogP contribution < -0.4 is 10.6 Å². The quantitative estimate of drug-likeness (QED) is 0.338. The van der Waals surface area contributed by atoms with Crippen LogP contribution in [0.1, 0.15) is 21.5 Å². The van der Waals surface area contributed by atoms with E-state index in [1.807, 2.05) is 31.2 Å². The number of fused-ring (bicyclic) bond motifs is 1. The number of oxime groups is 1. The first kappa shape index (κ1) is 16.1. The van der Waals surface area contributed by atoms with E-state index in [0.717, 1.165) is 16.8 Å². The summed E-state index contributed by atoms with van der Waals surface area (Å²) in [4.78, 5) is 12.3. The van der Waals surface area contributed by atoms with Gasteiger partial charge in [-0.2, -0.15) is 0 Å². The minimum absolute atomic E-state index is 0.123. The Morgan fingerprint density at radius 3 is 2.71 bits per heavy atom. The van der Waals surface area contributed by atoms with Crippen molar-refractivity contribution in [3.63, 3.8) is 0 Å². The highest BCUT2D eigenvalue weighted by Gasteiger charge is 2.21. The van der Waals surface area contributed by atoms with Crippen LogP contribution in [0, 0.1) is 6.92 Å². The number of amides is 1. The highest BCUT2D eigenvalue weighted by Crippen LogP contribution is 2.24. The molecule has 0 radical (unpaired) electrons. The Hall–Kier alpha value is -2.79. The van der Waals surface area contributed by atoms with Crippen LogP contribution in [0.5, 0.6) is 0 Å². The van der Waals surface area contributed by atoms with Crippen molar-refractivity contribution in [1.29, 1.82) is 0 Å². The molecule has 5 nitrogen and oxygen atoms in total. The highest BCUT2D eigenvalue weighted by molar-refractivity contribution is 6.30. The van der Waals surface area contributed by atoms with Crippen molar-refractivity contribution in [3.8, 4) is 0 Å². The molecule has 3 rings (SSSR count). The van der Waals surface area contributed by atoms with Crippen molar-refractivity contribution in [2.24, 2.45) is 5.16 Å². The first-order valence-corrected chi connectivity index (χ1v) is 7.79. The lowest BCUT2D eigenvalue weighted by atomic mass is 10.0. The molecule has 0 bridgehead atoms. The summed E-state index contributed by atoms with van der Waals surface area (Å²) < 4.78 is 0. The van der Waals surface area contributed by atoms with Crippen LogP contribution in [0.15, 0.2) is 53.7 Å². The minimum atomic E-state index is -0.429. The van der Waals surface area contributed by atoms with Gasteiger partial charge in [-0.25, -0.2) is 0 Å². The Morgan fingerprint density at radius 2 is 2.00 bits per heavy atom. The normalized spacial score (nSPS) is 16.2. The number of aryl methyl sites for hydroxylation is 1. The Bertz CT molecular complexity index is 829. The second-order valence-electron chi connectivity index (χ2n) is 5.52. The second-order valence-corrected chi connectivity index (χ2v) is 5.95. The van der Waals surface area contributed by atoms with Crippen LogP contribution in [0.4, 0.5) is 5.69 Å². The van der Waals surface area contributed by atoms with Crippen molar-refractivity contribution in [2.75, 3.05) is 5.32 Å².